The summed E-state index contributed by atoms with van der Waals surface area (Å²) < 4.78 is 5.70. The van der Waals surface area contributed by atoms with E-state index in [0.717, 1.165) is 43.2 Å². The first-order valence-electron chi connectivity index (χ1n) is 8.17. The molecule has 2 rings (SSSR count). The molecule has 2 heteroatoms. The van der Waals surface area contributed by atoms with Crippen LogP contribution in [0.25, 0.3) is 0 Å². The summed E-state index contributed by atoms with van der Waals surface area (Å²) in [5, 5.41) is 3.69. The third-order valence-electron chi connectivity index (χ3n) is 4.48. The molecule has 1 aliphatic carbocycles. The van der Waals surface area contributed by atoms with Gasteiger partial charge in [0.05, 0.1) is 6.61 Å². The highest BCUT2D eigenvalue weighted by molar-refractivity contribution is 5.20. The van der Waals surface area contributed by atoms with Crippen molar-refractivity contribution in [2.75, 3.05) is 13.2 Å². The molecule has 1 aromatic rings. The maximum Gasteiger partial charge on any atom is 0.119 e. The average molecular weight is 275 g/mol. The van der Waals surface area contributed by atoms with Crippen molar-refractivity contribution >= 4 is 0 Å². The summed E-state index contributed by atoms with van der Waals surface area (Å²) >= 11 is 0. The third kappa shape index (κ3) is 5.16. The summed E-state index contributed by atoms with van der Waals surface area (Å²) in [6, 6.07) is 10.8. The van der Waals surface area contributed by atoms with Gasteiger partial charge in [-0.2, -0.15) is 0 Å². The Balaban J connectivity index is 1.52. The lowest BCUT2D eigenvalue weighted by Crippen LogP contribution is -2.35. The third-order valence-corrected chi connectivity index (χ3v) is 4.48. The summed E-state index contributed by atoms with van der Waals surface area (Å²) in [5.41, 5.74) is 0. The van der Waals surface area contributed by atoms with Crippen LogP contribution < -0.4 is 10.1 Å². The Hall–Kier alpha value is -1.02. The molecule has 0 spiro atoms. The Morgan fingerprint density at radius 2 is 1.80 bits per heavy atom. The lowest BCUT2D eigenvalue weighted by atomic mass is 9.80. The first-order chi connectivity index (χ1) is 9.75. The summed E-state index contributed by atoms with van der Waals surface area (Å²) in [7, 11) is 0. The van der Waals surface area contributed by atoms with Gasteiger partial charge in [-0.25, -0.2) is 0 Å². The van der Waals surface area contributed by atoms with E-state index in [-0.39, 0.29) is 0 Å². The number of hydrogen-bond donors (Lipinski definition) is 1. The van der Waals surface area contributed by atoms with Crippen molar-refractivity contribution in [1.29, 1.82) is 0 Å². The molecule has 0 aromatic heterocycles. The number of nitrogens with one attached hydrogen (secondary N) is 1. The van der Waals surface area contributed by atoms with Gasteiger partial charge in [-0.3, -0.25) is 0 Å². The van der Waals surface area contributed by atoms with E-state index < -0.39 is 0 Å². The minimum Gasteiger partial charge on any atom is -0.494 e. The van der Waals surface area contributed by atoms with E-state index in [1.165, 1.54) is 25.7 Å². The molecular weight excluding hydrogens is 246 g/mol. The highest BCUT2D eigenvalue weighted by Crippen LogP contribution is 2.29. The fraction of sp³-hybridized carbons (Fsp3) is 0.667. The summed E-state index contributed by atoms with van der Waals surface area (Å²) in [6.07, 6.45) is 6.58. The molecule has 20 heavy (non-hydrogen) atoms. The minimum absolute atomic E-state index is 0.738. The van der Waals surface area contributed by atoms with Crippen molar-refractivity contribution in [3.63, 3.8) is 0 Å². The highest BCUT2D eigenvalue weighted by Gasteiger charge is 2.22. The van der Waals surface area contributed by atoms with Gasteiger partial charge in [-0.05, 0) is 62.6 Å². The topological polar surface area (TPSA) is 21.3 Å². The van der Waals surface area contributed by atoms with Gasteiger partial charge in [0.15, 0.2) is 0 Å². The Morgan fingerprint density at radius 3 is 2.45 bits per heavy atom. The maximum atomic E-state index is 5.70. The molecule has 0 radical (unpaired) electrons. The van der Waals surface area contributed by atoms with Gasteiger partial charge in [0, 0.05) is 6.04 Å². The van der Waals surface area contributed by atoms with E-state index in [1.54, 1.807) is 0 Å². The molecule has 0 saturated heterocycles. The fourth-order valence-electron chi connectivity index (χ4n) is 3.08. The average Bonchev–Trinajstić information content (AvgIpc) is 2.48. The summed E-state index contributed by atoms with van der Waals surface area (Å²) in [5.74, 6) is 2.79. The Bertz CT molecular complexity index is 355. The van der Waals surface area contributed by atoms with E-state index in [9.17, 15) is 0 Å². The van der Waals surface area contributed by atoms with Crippen molar-refractivity contribution in [1.82, 2.24) is 5.32 Å². The lowest BCUT2D eigenvalue weighted by Gasteiger charge is -2.31. The van der Waals surface area contributed by atoms with Gasteiger partial charge < -0.3 is 10.1 Å². The van der Waals surface area contributed by atoms with Gasteiger partial charge in [-0.1, -0.05) is 32.0 Å². The van der Waals surface area contributed by atoms with E-state index in [0.29, 0.717) is 0 Å². The first-order valence-corrected chi connectivity index (χ1v) is 8.17. The molecule has 1 aliphatic rings. The molecule has 0 unspecified atom stereocenters. The maximum absolute atomic E-state index is 5.70. The van der Waals surface area contributed by atoms with Gasteiger partial charge >= 0.3 is 0 Å². The molecule has 112 valence electrons. The second-order valence-electron chi connectivity index (χ2n) is 6.32. The summed E-state index contributed by atoms with van der Waals surface area (Å²) in [4.78, 5) is 0. The van der Waals surface area contributed by atoms with Gasteiger partial charge in [-0.15, -0.1) is 0 Å². The molecule has 0 amide bonds. The predicted octanol–water partition coefficient (Wildman–Crippen LogP) is 4.26. The number of rotatable bonds is 7. The van der Waals surface area contributed by atoms with Crippen LogP contribution in [0, 0.1) is 11.8 Å². The van der Waals surface area contributed by atoms with Gasteiger partial charge in [0.25, 0.3) is 0 Å². The second kappa shape index (κ2) is 8.31. The standard InChI is InChI=1S/C18H29NO/c1-15(2)16-9-11-17(12-10-16)19-13-6-14-20-18-7-4-3-5-8-18/h3-5,7-8,15-17,19H,6,9-14H2,1-2H3. The molecule has 2 nitrogen and oxygen atoms in total. The molecule has 0 atom stereocenters. The zero-order valence-corrected chi connectivity index (χ0v) is 13.0. The summed E-state index contributed by atoms with van der Waals surface area (Å²) in [6.45, 7) is 6.60. The molecule has 1 saturated carbocycles. The van der Waals surface area contributed by atoms with E-state index in [1.807, 2.05) is 30.3 Å². The number of ether oxygens (including phenoxy) is 1. The minimum atomic E-state index is 0.738. The van der Waals surface area contributed by atoms with Crippen LogP contribution in [-0.2, 0) is 0 Å². The SMILES string of the molecule is CC(C)C1CCC(NCCCOc2ccccc2)CC1. The predicted molar refractivity (Wildman–Crippen MR) is 85.1 cm³/mol. The zero-order valence-electron chi connectivity index (χ0n) is 13.0. The normalized spacial score (nSPS) is 22.9. The molecule has 1 aromatic carbocycles. The lowest BCUT2D eigenvalue weighted by molar-refractivity contribution is 0.234. The van der Waals surface area contributed by atoms with Crippen LogP contribution in [0.15, 0.2) is 30.3 Å². The van der Waals surface area contributed by atoms with Crippen molar-refractivity contribution in [2.45, 2.75) is 52.0 Å². The van der Waals surface area contributed by atoms with Crippen LogP contribution in [0.1, 0.15) is 46.0 Å². The second-order valence-corrected chi connectivity index (χ2v) is 6.32. The first kappa shape index (κ1) is 15.4. The van der Waals surface area contributed by atoms with Crippen LogP contribution in [-0.4, -0.2) is 19.2 Å². The van der Waals surface area contributed by atoms with Gasteiger partial charge in [0.2, 0.25) is 0 Å². The molecule has 0 aliphatic heterocycles. The van der Waals surface area contributed by atoms with Crippen LogP contribution in [0.3, 0.4) is 0 Å². The molecule has 0 bridgehead atoms. The highest BCUT2D eigenvalue weighted by atomic mass is 16.5. The van der Waals surface area contributed by atoms with Crippen molar-refractivity contribution in [2.24, 2.45) is 11.8 Å². The zero-order chi connectivity index (χ0) is 14.2. The van der Waals surface area contributed by atoms with Crippen LogP contribution in [0.4, 0.5) is 0 Å². The van der Waals surface area contributed by atoms with Crippen molar-refractivity contribution in [3.05, 3.63) is 30.3 Å². The quantitative estimate of drug-likeness (QED) is 0.751. The Morgan fingerprint density at radius 1 is 1.10 bits per heavy atom. The molecule has 1 N–H and O–H groups in total. The van der Waals surface area contributed by atoms with Crippen molar-refractivity contribution < 1.29 is 4.74 Å². The van der Waals surface area contributed by atoms with E-state index in [4.69, 9.17) is 4.74 Å². The van der Waals surface area contributed by atoms with Crippen LogP contribution >= 0.6 is 0 Å². The smallest absolute Gasteiger partial charge is 0.119 e. The van der Waals surface area contributed by atoms with Gasteiger partial charge in [0.1, 0.15) is 5.75 Å². The molecule has 1 fully saturated rings. The van der Waals surface area contributed by atoms with Crippen LogP contribution in [0.2, 0.25) is 0 Å². The van der Waals surface area contributed by atoms with E-state index >= 15 is 0 Å². The fourth-order valence-corrected chi connectivity index (χ4v) is 3.08. The molecular formula is C18H29NO. The largest absolute Gasteiger partial charge is 0.494 e. The number of para-hydroxylation sites is 1. The molecule has 0 heterocycles. The monoisotopic (exact) mass is 275 g/mol. The van der Waals surface area contributed by atoms with Crippen LogP contribution in [0.5, 0.6) is 5.75 Å². The van der Waals surface area contributed by atoms with Crippen molar-refractivity contribution in [3.8, 4) is 5.75 Å². The number of benzene rings is 1. The number of hydrogen-bond acceptors (Lipinski definition) is 2. The Kier molecular flexibility index (Phi) is 6.38. The van der Waals surface area contributed by atoms with E-state index in [2.05, 4.69) is 19.2 Å². The Labute approximate surface area is 123 Å².